The molecule has 1 unspecified atom stereocenters. The van der Waals surface area contributed by atoms with E-state index in [1.165, 1.54) is 25.5 Å². The first kappa shape index (κ1) is 15.6. The average molecular weight is 265 g/mol. The predicted octanol–water partition coefficient (Wildman–Crippen LogP) is 2.48. The fourth-order valence-electron chi connectivity index (χ4n) is 2.30. The van der Waals surface area contributed by atoms with Crippen molar-refractivity contribution in [1.29, 1.82) is 0 Å². The van der Waals surface area contributed by atoms with Crippen molar-refractivity contribution in [3.63, 3.8) is 0 Å². The second-order valence-electron chi connectivity index (χ2n) is 5.54. The van der Waals surface area contributed by atoms with E-state index in [0.717, 1.165) is 24.2 Å². The van der Waals surface area contributed by atoms with Gasteiger partial charge in [0.25, 0.3) is 11.8 Å². The minimum absolute atomic E-state index is 0.116. The van der Waals surface area contributed by atoms with Crippen molar-refractivity contribution in [3.8, 4) is 0 Å². The quantitative estimate of drug-likeness (QED) is 0.500. The maximum Gasteiger partial charge on any atom is 0.254 e. The molecule has 1 heterocycles. The third kappa shape index (κ3) is 4.62. The molecule has 0 aromatic heterocycles. The van der Waals surface area contributed by atoms with Crippen LogP contribution < -0.4 is 0 Å². The van der Waals surface area contributed by atoms with E-state index in [0.29, 0.717) is 12.3 Å². The number of nitrogens with zero attached hydrogens (tertiary/aromatic N) is 1. The minimum Gasteiger partial charge on any atom is -0.298 e. The van der Waals surface area contributed by atoms with E-state index < -0.39 is 6.04 Å². The van der Waals surface area contributed by atoms with Gasteiger partial charge in [-0.3, -0.25) is 19.3 Å². The predicted molar refractivity (Wildman–Crippen MR) is 73.4 cm³/mol. The van der Waals surface area contributed by atoms with E-state index in [2.05, 4.69) is 13.8 Å². The number of hydrogen-bond donors (Lipinski definition) is 0. The SMILES string of the molecule is CC(=O)C(CCCCCC(C)C)N1C(=O)C=CC1=O. The third-order valence-electron chi connectivity index (χ3n) is 3.38. The van der Waals surface area contributed by atoms with Gasteiger partial charge in [-0.2, -0.15) is 0 Å². The molecule has 0 spiro atoms. The summed E-state index contributed by atoms with van der Waals surface area (Å²) in [5.74, 6) is -0.163. The van der Waals surface area contributed by atoms with Crippen LogP contribution in [0.1, 0.15) is 52.9 Å². The fourth-order valence-corrected chi connectivity index (χ4v) is 2.30. The molecule has 1 aliphatic rings. The number of imide groups is 1. The van der Waals surface area contributed by atoms with Crippen LogP contribution in [0.25, 0.3) is 0 Å². The van der Waals surface area contributed by atoms with Crippen LogP contribution in [0.3, 0.4) is 0 Å². The van der Waals surface area contributed by atoms with Crippen molar-refractivity contribution in [2.45, 2.75) is 58.9 Å². The number of ketones is 1. The lowest BCUT2D eigenvalue weighted by atomic mass is 10.0. The summed E-state index contributed by atoms with van der Waals surface area (Å²) in [6.07, 6.45) is 7.25. The van der Waals surface area contributed by atoms with Crippen LogP contribution in [0.2, 0.25) is 0 Å². The molecule has 2 amide bonds. The van der Waals surface area contributed by atoms with Gasteiger partial charge in [0.15, 0.2) is 5.78 Å². The Morgan fingerprint density at radius 1 is 1.05 bits per heavy atom. The Hall–Kier alpha value is -1.45. The molecule has 4 nitrogen and oxygen atoms in total. The molecule has 0 aliphatic carbocycles. The number of rotatable bonds is 8. The molecule has 1 aliphatic heterocycles. The minimum atomic E-state index is -0.589. The molecule has 1 atom stereocenters. The zero-order chi connectivity index (χ0) is 14.4. The van der Waals surface area contributed by atoms with Crippen molar-refractivity contribution in [2.75, 3.05) is 0 Å². The summed E-state index contributed by atoms with van der Waals surface area (Å²) >= 11 is 0. The van der Waals surface area contributed by atoms with Crippen LogP contribution in [0.4, 0.5) is 0 Å². The Balaban J connectivity index is 2.44. The first-order valence-corrected chi connectivity index (χ1v) is 6.99. The Labute approximate surface area is 114 Å². The van der Waals surface area contributed by atoms with Crippen molar-refractivity contribution in [2.24, 2.45) is 5.92 Å². The molecular formula is C15H23NO3. The number of carbonyl (C=O) groups is 3. The molecule has 0 bridgehead atoms. The molecule has 0 saturated carbocycles. The van der Waals surface area contributed by atoms with Gasteiger partial charge in [0.05, 0.1) is 6.04 Å². The summed E-state index contributed by atoms with van der Waals surface area (Å²) in [4.78, 5) is 35.9. The first-order valence-electron chi connectivity index (χ1n) is 6.99. The maximum absolute atomic E-state index is 11.6. The molecule has 4 heteroatoms. The van der Waals surface area contributed by atoms with Crippen molar-refractivity contribution < 1.29 is 14.4 Å². The summed E-state index contributed by atoms with van der Waals surface area (Å²) in [5, 5.41) is 0. The van der Waals surface area contributed by atoms with Crippen molar-refractivity contribution >= 4 is 17.6 Å². The number of carbonyl (C=O) groups excluding carboxylic acids is 3. The molecule has 0 radical (unpaired) electrons. The van der Waals surface area contributed by atoms with Crippen LogP contribution in [0.5, 0.6) is 0 Å². The molecule has 0 N–H and O–H groups in total. The van der Waals surface area contributed by atoms with Crippen LogP contribution in [-0.4, -0.2) is 28.5 Å². The van der Waals surface area contributed by atoms with E-state index in [4.69, 9.17) is 0 Å². The maximum atomic E-state index is 11.6. The lowest BCUT2D eigenvalue weighted by molar-refractivity contribution is -0.144. The normalized spacial score (nSPS) is 16.5. The van der Waals surface area contributed by atoms with Gasteiger partial charge in [0.2, 0.25) is 0 Å². The highest BCUT2D eigenvalue weighted by atomic mass is 16.2. The second-order valence-corrected chi connectivity index (χ2v) is 5.54. The Morgan fingerprint density at radius 2 is 1.58 bits per heavy atom. The summed E-state index contributed by atoms with van der Waals surface area (Å²) in [5.41, 5.74) is 0. The lowest BCUT2D eigenvalue weighted by Gasteiger charge is -2.23. The topological polar surface area (TPSA) is 54.5 Å². The van der Waals surface area contributed by atoms with Gasteiger partial charge in [-0.25, -0.2) is 0 Å². The van der Waals surface area contributed by atoms with E-state index >= 15 is 0 Å². The van der Waals surface area contributed by atoms with Gasteiger partial charge >= 0.3 is 0 Å². The molecule has 1 rings (SSSR count). The van der Waals surface area contributed by atoms with Crippen molar-refractivity contribution in [1.82, 2.24) is 4.90 Å². The van der Waals surface area contributed by atoms with Crippen molar-refractivity contribution in [3.05, 3.63) is 12.2 Å². The number of amides is 2. The lowest BCUT2D eigenvalue weighted by Crippen LogP contribution is -2.44. The van der Waals surface area contributed by atoms with Gasteiger partial charge in [-0.05, 0) is 19.3 Å². The Bertz CT molecular complexity index is 367. The second kappa shape index (κ2) is 7.22. The molecule has 0 aromatic rings. The first-order chi connectivity index (χ1) is 8.93. The van der Waals surface area contributed by atoms with Crippen LogP contribution >= 0.6 is 0 Å². The van der Waals surface area contributed by atoms with E-state index in [1.54, 1.807) is 0 Å². The van der Waals surface area contributed by atoms with Gasteiger partial charge < -0.3 is 0 Å². The summed E-state index contributed by atoms with van der Waals surface area (Å²) in [7, 11) is 0. The molecule has 106 valence electrons. The largest absolute Gasteiger partial charge is 0.298 e. The van der Waals surface area contributed by atoms with E-state index in [1.807, 2.05) is 0 Å². The number of Topliss-reactive ketones (excluding diaryl/α,β-unsaturated/α-hetero) is 1. The average Bonchev–Trinajstić information content (AvgIpc) is 2.64. The molecule has 0 fully saturated rings. The molecule has 19 heavy (non-hydrogen) atoms. The monoisotopic (exact) mass is 265 g/mol. The highest BCUT2D eigenvalue weighted by molar-refractivity contribution is 6.15. The van der Waals surface area contributed by atoms with Gasteiger partial charge in [0, 0.05) is 12.2 Å². The highest BCUT2D eigenvalue weighted by Gasteiger charge is 2.33. The standard InChI is InChI=1S/C15H23NO3/c1-11(2)7-5-4-6-8-13(12(3)17)16-14(18)9-10-15(16)19/h9-11,13H,4-8H2,1-3H3. The highest BCUT2D eigenvalue weighted by Crippen LogP contribution is 2.17. The van der Waals surface area contributed by atoms with Gasteiger partial charge in [-0.1, -0.05) is 39.5 Å². The zero-order valence-corrected chi connectivity index (χ0v) is 12.0. The molecular weight excluding hydrogens is 242 g/mol. The van der Waals surface area contributed by atoms with Gasteiger partial charge in [-0.15, -0.1) is 0 Å². The molecule has 0 saturated heterocycles. The summed E-state index contributed by atoms with van der Waals surface area (Å²) in [6, 6.07) is -0.589. The Kier molecular flexibility index (Phi) is 5.93. The zero-order valence-electron chi connectivity index (χ0n) is 12.0. The molecule has 0 aromatic carbocycles. The van der Waals surface area contributed by atoms with Crippen LogP contribution in [-0.2, 0) is 14.4 Å². The summed E-state index contributed by atoms with van der Waals surface area (Å²) in [6.45, 7) is 5.81. The number of hydrogen-bond acceptors (Lipinski definition) is 3. The van der Waals surface area contributed by atoms with Gasteiger partial charge in [0.1, 0.15) is 0 Å². The smallest absolute Gasteiger partial charge is 0.254 e. The summed E-state index contributed by atoms with van der Waals surface area (Å²) < 4.78 is 0. The number of unbranched alkanes of at least 4 members (excludes halogenated alkanes) is 2. The fraction of sp³-hybridized carbons (Fsp3) is 0.667. The third-order valence-corrected chi connectivity index (χ3v) is 3.38. The Morgan fingerprint density at radius 3 is 2.05 bits per heavy atom. The van der Waals surface area contributed by atoms with E-state index in [-0.39, 0.29) is 17.6 Å². The van der Waals surface area contributed by atoms with Crippen LogP contribution in [0, 0.1) is 5.92 Å². The van der Waals surface area contributed by atoms with Crippen LogP contribution in [0.15, 0.2) is 12.2 Å². The van der Waals surface area contributed by atoms with E-state index in [9.17, 15) is 14.4 Å².